The number of hydrogen-bond donors (Lipinski definition) is 1. The van der Waals surface area contributed by atoms with Gasteiger partial charge in [-0.2, -0.15) is 0 Å². The molecule has 1 N–H and O–H groups in total. The van der Waals surface area contributed by atoms with Crippen LogP contribution in [0.4, 0.5) is 5.69 Å². The number of nitrogens with zero attached hydrogens (tertiary/aromatic N) is 3. The van der Waals surface area contributed by atoms with Crippen LogP contribution < -0.4 is 10.1 Å². The second-order valence-corrected chi connectivity index (χ2v) is 7.69. The number of fused-ring (bicyclic) bond motifs is 1. The summed E-state index contributed by atoms with van der Waals surface area (Å²) in [5.74, 6) is 1.58. The Balaban J connectivity index is 1.32. The quantitative estimate of drug-likeness (QED) is 0.414. The van der Waals surface area contributed by atoms with E-state index in [4.69, 9.17) is 4.74 Å². The van der Waals surface area contributed by atoms with Crippen molar-refractivity contribution in [2.24, 2.45) is 0 Å². The maximum Gasteiger partial charge on any atom is 0.234 e. The highest BCUT2D eigenvalue weighted by atomic mass is 79.9. The van der Waals surface area contributed by atoms with Crippen molar-refractivity contribution in [1.82, 2.24) is 14.6 Å². The van der Waals surface area contributed by atoms with Gasteiger partial charge in [-0.3, -0.25) is 9.20 Å². The zero-order chi connectivity index (χ0) is 19.3. The Hall–Kier alpha value is -2.84. The number of anilines is 1. The summed E-state index contributed by atoms with van der Waals surface area (Å²) < 4.78 is 8.62. The molecule has 0 fully saturated rings. The Labute approximate surface area is 174 Å². The first-order chi connectivity index (χ1) is 13.7. The second kappa shape index (κ2) is 8.45. The number of carbonyl (C=O) groups excluding carboxylic acids is 1. The molecular formula is C20H15BrN4O2S. The number of thioether (sulfide) groups is 1. The number of ether oxygens (including phenoxy) is 1. The normalized spacial score (nSPS) is 10.8. The molecule has 28 heavy (non-hydrogen) atoms. The Morgan fingerprint density at radius 3 is 2.46 bits per heavy atom. The van der Waals surface area contributed by atoms with Gasteiger partial charge < -0.3 is 10.1 Å². The fourth-order valence-electron chi connectivity index (χ4n) is 2.49. The number of rotatable bonds is 6. The average molecular weight is 455 g/mol. The molecule has 0 atom stereocenters. The molecular weight excluding hydrogens is 440 g/mol. The highest BCUT2D eigenvalue weighted by Crippen LogP contribution is 2.25. The lowest BCUT2D eigenvalue weighted by molar-refractivity contribution is -0.113. The van der Waals surface area contributed by atoms with E-state index in [9.17, 15) is 4.79 Å². The SMILES string of the molecule is O=C(CSc1nnc2ccccn12)Nc1ccc(Oc2ccc(Br)cc2)cc1. The lowest BCUT2D eigenvalue weighted by Gasteiger charge is -2.08. The van der Waals surface area contributed by atoms with Gasteiger partial charge in [0.25, 0.3) is 0 Å². The summed E-state index contributed by atoms with van der Waals surface area (Å²) in [6.07, 6.45) is 1.87. The lowest BCUT2D eigenvalue weighted by atomic mass is 10.3. The van der Waals surface area contributed by atoms with E-state index in [0.717, 1.165) is 15.9 Å². The van der Waals surface area contributed by atoms with Crippen LogP contribution >= 0.6 is 27.7 Å². The molecule has 140 valence electrons. The Morgan fingerprint density at radius 1 is 1.00 bits per heavy atom. The molecule has 0 aliphatic carbocycles. The van der Waals surface area contributed by atoms with Crippen molar-refractivity contribution in [3.8, 4) is 11.5 Å². The molecule has 2 aromatic heterocycles. The minimum Gasteiger partial charge on any atom is -0.457 e. The molecule has 0 saturated heterocycles. The van der Waals surface area contributed by atoms with Gasteiger partial charge in [0.2, 0.25) is 5.91 Å². The fourth-order valence-corrected chi connectivity index (χ4v) is 3.48. The molecule has 0 radical (unpaired) electrons. The number of pyridine rings is 1. The van der Waals surface area contributed by atoms with E-state index >= 15 is 0 Å². The van der Waals surface area contributed by atoms with Gasteiger partial charge >= 0.3 is 0 Å². The van der Waals surface area contributed by atoms with Crippen LogP contribution in [0.3, 0.4) is 0 Å². The van der Waals surface area contributed by atoms with Gasteiger partial charge in [0.15, 0.2) is 10.8 Å². The van der Waals surface area contributed by atoms with E-state index in [-0.39, 0.29) is 11.7 Å². The zero-order valence-corrected chi connectivity index (χ0v) is 17.0. The number of amides is 1. The molecule has 4 rings (SSSR count). The van der Waals surface area contributed by atoms with Crippen molar-refractivity contribution in [2.45, 2.75) is 5.16 Å². The molecule has 0 aliphatic rings. The van der Waals surface area contributed by atoms with E-state index in [1.54, 1.807) is 0 Å². The van der Waals surface area contributed by atoms with Crippen molar-refractivity contribution in [2.75, 3.05) is 11.1 Å². The molecule has 4 aromatic rings. The summed E-state index contributed by atoms with van der Waals surface area (Å²) in [4.78, 5) is 12.2. The van der Waals surface area contributed by atoms with Crippen molar-refractivity contribution in [3.05, 3.63) is 77.4 Å². The van der Waals surface area contributed by atoms with E-state index in [1.165, 1.54) is 11.8 Å². The van der Waals surface area contributed by atoms with Gasteiger partial charge in [-0.05, 0) is 60.7 Å². The minimum atomic E-state index is -0.112. The topological polar surface area (TPSA) is 68.5 Å². The maximum absolute atomic E-state index is 12.2. The molecule has 2 aromatic carbocycles. The number of hydrogen-bond acceptors (Lipinski definition) is 5. The summed E-state index contributed by atoms with van der Waals surface area (Å²) in [7, 11) is 0. The predicted molar refractivity (Wildman–Crippen MR) is 113 cm³/mol. The number of halogens is 1. The Morgan fingerprint density at radius 2 is 1.71 bits per heavy atom. The van der Waals surface area contributed by atoms with Crippen LogP contribution in [0.5, 0.6) is 11.5 Å². The first-order valence-electron chi connectivity index (χ1n) is 8.43. The van der Waals surface area contributed by atoms with Gasteiger partial charge in [-0.1, -0.05) is 33.8 Å². The molecule has 0 saturated carbocycles. The third-order valence-corrected chi connectivity index (χ3v) is 5.27. The summed E-state index contributed by atoms with van der Waals surface area (Å²) in [5, 5.41) is 11.7. The highest BCUT2D eigenvalue weighted by molar-refractivity contribution is 9.10. The van der Waals surface area contributed by atoms with Gasteiger partial charge in [0.1, 0.15) is 11.5 Å². The van der Waals surface area contributed by atoms with Crippen LogP contribution in [0.15, 0.2) is 82.6 Å². The minimum absolute atomic E-state index is 0.112. The van der Waals surface area contributed by atoms with E-state index in [0.29, 0.717) is 16.6 Å². The van der Waals surface area contributed by atoms with Crippen LogP contribution in [0, 0.1) is 0 Å². The van der Waals surface area contributed by atoms with Crippen LogP contribution in [-0.4, -0.2) is 26.3 Å². The van der Waals surface area contributed by atoms with Crippen LogP contribution in [0.1, 0.15) is 0 Å². The van der Waals surface area contributed by atoms with Crippen molar-refractivity contribution in [3.63, 3.8) is 0 Å². The van der Waals surface area contributed by atoms with Crippen molar-refractivity contribution >= 4 is 44.9 Å². The average Bonchev–Trinajstić information content (AvgIpc) is 3.13. The van der Waals surface area contributed by atoms with Crippen LogP contribution in [0.2, 0.25) is 0 Å². The third kappa shape index (κ3) is 4.52. The van der Waals surface area contributed by atoms with Crippen molar-refractivity contribution < 1.29 is 9.53 Å². The van der Waals surface area contributed by atoms with Crippen LogP contribution in [0.25, 0.3) is 5.65 Å². The Kier molecular flexibility index (Phi) is 5.59. The number of nitrogens with one attached hydrogen (secondary N) is 1. The standard InChI is InChI=1S/C20H15BrN4O2S/c21-14-4-8-16(9-5-14)27-17-10-6-15(7-11-17)22-19(26)13-28-20-24-23-18-3-1-2-12-25(18)20/h1-12H,13H2,(H,22,26). The molecule has 0 bridgehead atoms. The zero-order valence-electron chi connectivity index (χ0n) is 14.6. The Bertz CT molecular complexity index is 1100. The van der Waals surface area contributed by atoms with Gasteiger partial charge in [-0.25, -0.2) is 0 Å². The fraction of sp³-hybridized carbons (Fsp3) is 0.0500. The molecule has 6 nitrogen and oxygen atoms in total. The lowest BCUT2D eigenvalue weighted by Crippen LogP contribution is -2.14. The van der Waals surface area contributed by atoms with Gasteiger partial charge in [0.05, 0.1) is 5.75 Å². The van der Waals surface area contributed by atoms with Gasteiger partial charge in [-0.15, -0.1) is 10.2 Å². The summed E-state index contributed by atoms with van der Waals surface area (Å²) in [5.41, 5.74) is 1.46. The number of aromatic nitrogens is 3. The number of carbonyl (C=O) groups is 1. The van der Waals surface area contributed by atoms with E-state index in [2.05, 4.69) is 31.4 Å². The molecule has 0 aliphatic heterocycles. The molecule has 8 heteroatoms. The smallest absolute Gasteiger partial charge is 0.234 e. The highest BCUT2D eigenvalue weighted by Gasteiger charge is 2.09. The maximum atomic E-state index is 12.2. The van der Waals surface area contributed by atoms with E-state index in [1.807, 2.05) is 77.3 Å². The number of benzene rings is 2. The second-order valence-electron chi connectivity index (χ2n) is 5.83. The third-order valence-electron chi connectivity index (χ3n) is 3.80. The van der Waals surface area contributed by atoms with E-state index < -0.39 is 0 Å². The monoisotopic (exact) mass is 454 g/mol. The van der Waals surface area contributed by atoms with Crippen molar-refractivity contribution in [1.29, 1.82) is 0 Å². The van der Waals surface area contributed by atoms with Gasteiger partial charge in [0, 0.05) is 16.4 Å². The molecule has 2 heterocycles. The molecule has 0 spiro atoms. The molecule has 1 amide bonds. The summed E-state index contributed by atoms with van der Waals surface area (Å²) in [6, 6.07) is 20.5. The summed E-state index contributed by atoms with van der Waals surface area (Å²) >= 11 is 4.73. The van der Waals surface area contributed by atoms with Crippen LogP contribution in [-0.2, 0) is 4.79 Å². The first-order valence-corrected chi connectivity index (χ1v) is 10.2. The predicted octanol–water partition coefficient (Wildman–Crippen LogP) is 5.01. The largest absolute Gasteiger partial charge is 0.457 e. The first kappa shape index (κ1) is 18.5. The molecule has 0 unspecified atom stereocenters. The summed E-state index contributed by atoms with van der Waals surface area (Å²) in [6.45, 7) is 0.